The van der Waals surface area contributed by atoms with E-state index >= 15 is 0 Å². The Bertz CT molecular complexity index is 891. The molecule has 0 spiro atoms. The van der Waals surface area contributed by atoms with Gasteiger partial charge in [0.25, 0.3) is 0 Å². The van der Waals surface area contributed by atoms with E-state index in [1.165, 1.54) is 0 Å². The molecule has 0 bridgehead atoms. The van der Waals surface area contributed by atoms with Gasteiger partial charge in [0, 0.05) is 6.42 Å². The Balaban J connectivity index is 2.03. The molecule has 0 aliphatic heterocycles. The number of unbranched alkanes of at least 4 members (excludes halogenated alkanes) is 1. The van der Waals surface area contributed by atoms with E-state index in [1.807, 2.05) is 36.4 Å². The number of nitrogens with two attached hydrogens (primary N) is 3. The van der Waals surface area contributed by atoms with Crippen molar-refractivity contribution in [1.29, 1.82) is 0 Å². The zero-order valence-electron chi connectivity index (χ0n) is 18.8. The normalized spacial score (nSPS) is 13.5. The van der Waals surface area contributed by atoms with Crippen LogP contribution in [-0.2, 0) is 37.1 Å². The first-order valence-electron chi connectivity index (χ1n) is 11.1. The molecule has 6 N–H and O–H groups in total. The first kappa shape index (κ1) is 26.2. The summed E-state index contributed by atoms with van der Waals surface area (Å²) in [6.45, 7) is 0.510. The summed E-state index contributed by atoms with van der Waals surface area (Å²) in [7, 11) is 0. The molecular formula is C25H33N3O5. The van der Waals surface area contributed by atoms with Crippen molar-refractivity contribution >= 4 is 17.7 Å². The molecule has 8 nitrogen and oxygen atoms in total. The van der Waals surface area contributed by atoms with Crippen LogP contribution in [0.1, 0.15) is 43.2 Å². The fourth-order valence-electron chi connectivity index (χ4n) is 3.26. The highest BCUT2D eigenvalue weighted by atomic mass is 16.5. The van der Waals surface area contributed by atoms with Crippen LogP contribution in [0.5, 0.6) is 0 Å². The summed E-state index contributed by atoms with van der Waals surface area (Å²) in [4.78, 5) is 38.3. The molecule has 0 saturated heterocycles. The van der Waals surface area contributed by atoms with Crippen LogP contribution in [0.15, 0.2) is 60.7 Å². The van der Waals surface area contributed by atoms with Gasteiger partial charge in [-0.1, -0.05) is 67.1 Å². The van der Waals surface area contributed by atoms with Crippen molar-refractivity contribution in [2.75, 3.05) is 6.54 Å². The Kier molecular flexibility index (Phi) is 10.7. The number of esters is 2. The topological polar surface area (TPSA) is 148 Å². The van der Waals surface area contributed by atoms with E-state index < -0.39 is 29.3 Å². The van der Waals surface area contributed by atoms with Crippen LogP contribution in [0.4, 0.5) is 0 Å². The monoisotopic (exact) mass is 455 g/mol. The molecule has 0 saturated carbocycles. The van der Waals surface area contributed by atoms with Gasteiger partial charge in [0.1, 0.15) is 13.2 Å². The molecule has 2 atom stereocenters. The van der Waals surface area contributed by atoms with Gasteiger partial charge in [0.05, 0.1) is 6.04 Å². The zero-order valence-corrected chi connectivity index (χ0v) is 18.8. The third-order valence-electron chi connectivity index (χ3n) is 5.29. The Morgan fingerprint density at radius 1 is 0.848 bits per heavy atom. The number of carbonyl (C=O) groups is 3. The predicted octanol–water partition coefficient (Wildman–Crippen LogP) is 1.98. The molecule has 2 aromatic carbocycles. The van der Waals surface area contributed by atoms with Crippen molar-refractivity contribution in [3.8, 4) is 0 Å². The minimum Gasteiger partial charge on any atom is -0.461 e. The van der Waals surface area contributed by atoms with E-state index in [-0.39, 0.29) is 26.1 Å². The summed E-state index contributed by atoms with van der Waals surface area (Å²) in [5.74, 6) is -2.15. The van der Waals surface area contributed by atoms with Gasteiger partial charge in [-0.15, -0.1) is 0 Å². The minimum atomic E-state index is -2.05. The molecule has 0 radical (unpaired) electrons. The first-order chi connectivity index (χ1) is 15.9. The molecule has 0 aromatic heterocycles. The van der Waals surface area contributed by atoms with Gasteiger partial charge in [0.15, 0.2) is 11.3 Å². The van der Waals surface area contributed by atoms with E-state index in [1.54, 1.807) is 24.3 Å². The van der Waals surface area contributed by atoms with Gasteiger partial charge >= 0.3 is 11.9 Å². The molecule has 0 aliphatic rings. The fourth-order valence-corrected chi connectivity index (χ4v) is 3.26. The lowest BCUT2D eigenvalue weighted by Gasteiger charge is -2.28. The van der Waals surface area contributed by atoms with Gasteiger partial charge in [0.2, 0.25) is 0 Å². The zero-order chi connectivity index (χ0) is 24.1. The SMILES string of the molecule is NCCCC[C@H](N)C(=O)C(N)(CCC(=O)OCc1ccccc1)C(=O)OCc1ccccc1. The molecule has 33 heavy (non-hydrogen) atoms. The van der Waals surface area contributed by atoms with Gasteiger partial charge in [-0.25, -0.2) is 4.79 Å². The summed E-state index contributed by atoms with van der Waals surface area (Å²) in [6, 6.07) is 17.2. The average Bonchev–Trinajstić information content (AvgIpc) is 2.85. The van der Waals surface area contributed by atoms with Gasteiger partial charge in [-0.3, -0.25) is 9.59 Å². The number of hydrogen-bond acceptors (Lipinski definition) is 8. The second-order valence-electron chi connectivity index (χ2n) is 7.93. The van der Waals surface area contributed by atoms with Crippen LogP contribution in [0.25, 0.3) is 0 Å². The number of hydrogen-bond donors (Lipinski definition) is 3. The molecule has 0 heterocycles. The molecule has 2 rings (SSSR count). The third-order valence-corrected chi connectivity index (χ3v) is 5.29. The molecule has 0 aliphatic carbocycles. The second kappa shape index (κ2) is 13.5. The standard InChI is InChI=1S/C25H33N3O5/c26-16-8-7-13-21(27)23(30)25(28,24(31)33-18-20-11-5-2-6-12-20)15-14-22(29)32-17-19-9-3-1-4-10-19/h1-6,9-12,21H,7-8,13-18,26-28H2/t21-,25?/m0/s1. The number of benzene rings is 2. The highest BCUT2D eigenvalue weighted by Gasteiger charge is 2.45. The van der Waals surface area contributed by atoms with Gasteiger partial charge in [-0.05, 0) is 36.9 Å². The number of rotatable bonds is 14. The summed E-state index contributed by atoms with van der Waals surface area (Å²) in [6.07, 6.45) is 1.16. The molecular weight excluding hydrogens is 422 g/mol. The first-order valence-corrected chi connectivity index (χ1v) is 11.1. The fraction of sp³-hybridized carbons (Fsp3) is 0.400. The summed E-state index contributed by atoms with van der Waals surface area (Å²) in [5, 5.41) is 0. The number of ketones is 1. The summed E-state index contributed by atoms with van der Waals surface area (Å²) >= 11 is 0. The quantitative estimate of drug-likeness (QED) is 0.222. The molecule has 0 amide bonds. The van der Waals surface area contributed by atoms with E-state index in [9.17, 15) is 14.4 Å². The van der Waals surface area contributed by atoms with Crippen molar-refractivity contribution in [1.82, 2.24) is 0 Å². The molecule has 0 fully saturated rings. The maximum atomic E-state index is 13.1. The van der Waals surface area contributed by atoms with Crippen LogP contribution >= 0.6 is 0 Å². The van der Waals surface area contributed by atoms with Crippen molar-refractivity contribution in [2.24, 2.45) is 17.2 Å². The van der Waals surface area contributed by atoms with Crippen LogP contribution in [-0.4, -0.2) is 35.8 Å². The lowest BCUT2D eigenvalue weighted by atomic mass is 9.84. The van der Waals surface area contributed by atoms with Crippen LogP contribution < -0.4 is 17.2 Å². The van der Waals surface area contributed by atoms with E-state index in [4.69, 9.17) is 26.7 Å². The molecule has 1 unspecified atom stereocenters. The van der Waals surface area contributed by atoms with Crippen molar-refractivity contribution in [3.63, 3.8) is 0 Å². The Morgan fingerprint density at radius 3 is 1.94 bits per heavy atom. The highest BCUT2D eigenvalue weighted by Crippen LogP contribution is 2.19. The van der Waals surface area contributed by atoms with Crippen molar-refractivity contribution in [2.45, 2.75) is 56.9 Å². The Labute approximate surface area is 194 Å². The number of carbonyl (C=O) groups excluding carboxylic acids is 3. The van der Waals surface area contributed by atoms with Crippen molar-refractivity contribution in [3.05, 3.63) is 71.8 Å². The molecule has 8 heteroatoms. The highest BCUT2D eigenvalue weighted by molar-refractivity contribution is 6.10. The van der Waals surface area contributed by atoms with Gasteiger partial charge in [-0.2, -0.15) is 0 Å². The second-order valence-corrected chi connectivity index (χ2v) is 7.93. The predicted molar refractivity (Wildman–Crippen MR) is 125 cm³/mol. The van der Waals surface area contributed by atoms with Crippen LogP contribution in [0.2, 0.25) is 0 Å². The van der Waals surface area contributed by atoms with E-state index in [0.717, 1.165) is 11.1 Å². The summed E-state index contributed by atoms with van der Waals surface area (Å²) in [5.41, 5.74) is 17.3. The smallest absolute Gasteiger partial charge is 0.334 e. The minimum absolute atomic E-state index is 0.0488. The maximum absolute atomic E-state index is 13.1. The van der Waals surface area contributed by atoms with E-state index in [2.05, 4.69) is 0 Å². The maximum Gasteiger partial charge on any atom is 0.334 e. The lowest BCUT2D eigenvalue weighted by molar-refractivity contribution is -0.156. The van der Waals surface area contributed by atoms with Crippen molar-refractivity contribution < 1.29 is 23.9 Å². The number of Topliss-reactive ketones (excluding diaryl/α,β-unsaturated/α-hetero) is 1. The third kappa shape index (κ3) is 8.42. The summed E-state index contributed by atoms with van der Waals surface area (Å²) < 4.78 is 10.6. The van der Waals surface area contributed by atoms with Crippen LogP contribution in [0, 0.1) is 0 Å². The number of ether oxygens (including phenoxy) is 2. The average molecular weight is 456 g/mol. The Hall–Kier alpha value is -3.07. The van der Waals surface area contributed by atoms with E-state index in [0.29, 0.717) is 25.8 Å². The van der Waals surface area contributed by atoms with Gasteiger partial charge < -0.3 is 26.7 Å². The van der Waals surface area contributed by atoms with Crippen LogP contribution in [0.3, 0.4) is 0 Å². The largest absolute Gasteiger partial charge is 0.461 e. The molecule has 178 valence electrons. The lowest BCUT2D eigenvalue weighted by Crippen LogP contribution is -2.61. The molecule has 2 aromatic rings. The Morgan fingerprint density at radius 2 is 1.39 bits per heavy atom.